The minimum Gasteiger partial charge on any atom is -0.378 e. The SMILES string of the molecule is CC(C)CCC[C@H](C)[C@@H]1CC[C@@H]2[C@@H]3CC[C@@H]4C[C@](O)(C#Cc5ccc(Cl)cc5)CC[C@]4(C)[C@@H]3CC[C@]21C. The van der Waals surface area contributed by atoms with Gasteiger partial charge in [-0.3, -0.25) is 0 Å². The molecule has 5 rings (SSSR count). The molecule has 0 aromatic heterocycles. The molecule has 0 spiro atoms. The van der Waals surface area contributed by atoms with Gasteiger partial charge in [0.25, 0.3) is 0 Å². The van der Waals surface area contributed by atoms with E-state index in [0.29, 0.717) is 16.7 Å². The Morgan fingerprint density at radius 2 is 1.62 bits per heavy atom. The maximum absolute atomic E-state index is 11.5. The van der Waals surface area contributed by atoms with Gasteiger partial charge in [0.1, 0.15) is 5.60 Å². The molecule has 4 fully saturated rings. The third-order valence-electron chi connectivity index (χ3n) is 12.2. The zero-order valence-electron chi connectivity index (χ0n) is 24.2. The van der Waals surface area contributed by atoms with Gasteiger partial charge in [-0.05, 0) is 134 Å². The predicted molar refractivity (Wildman–Crippen MR) is 156 cm³/mol. The Kier molecular flexibility index (Phi) is 7.86. The summed E-state index contributed by atoms with van der Waals surface area (Å²) >= 11 is 6.03. The zero-order chi connectivity index (χ0) is 26.4. The highest BCUT2D eigenvalue weighted by molar-refractivity contribution is 6.30. The minimum absolute atomic E-state index is 0.374. The molecular weight excluding hydrogens is 472 g/mol. The quantitative estimate of drug-likeness (QED) is 0.381. The second-order valence-corrected chi connectivity index (χ2v) is 15.1. The van der Waals surface area contributed by atoms with Crippen molar-refractivity contribution in [1.29, 1.82) is 0 Å². The molecule has 0 aliphatic heterocycles. The molecule has 4 aliphatic carbocycles. The molecule has 9 atom stereocenters. The molecule has 0 saturated heterocycles. The van der Waals surface area contributed by atoms with Crippen molar-refractivity contribution in [1.82, 2.24) is 0 Å². The Hall–Kier alpha value is -0.970. The van der Waals surface area contributed by atoms with Crippen LogP contribution in [0.1, 0.15) is 117 Å². The summed E-state index contributed by atoms with van der Waals surface area (Å²) in [6.45, 7) is 12.6. The number of rotatable bonds is 5. The molecule has 37 heavy (non-hydrogen) atoms. The van der Waals surface area contributed by atoms with Crippen molar-refractivity contribution >= 4 is 11.6 Å². The van der Waals surface area contributed by atoms with E-state index >= 15 is 0 Å². The molecule has 4 aliphatic rings. The summed E-state index contributed by atoms with van der Waals surface area (Å²) in [5.74, 6) is 12.5. The first kappa shape index (κ1) is 27.6. The highest BCUT2D eigenvalue weighted by atomic mass is 35.5. The minimum atomic E-state index is -0.844. The van der Waals surface area contributed by atoms with Crippen molar-refractivity contribution in [3.63, 3.8) is 0 Å². The maximum Gasteiger partial charge on any atom is 0.126 e. The Bertz CT molecular complexity index is 1000. The van der Waals surface area contributed by atoms with E-state index in [9.17, 15) is 5.11 Å². The molecule has 1 N–H and O–H groups in total. The monoisotopic (exact) mass is 522 g/mol. The lowest BCUT2D eigenvalue weighted by Gasteiger charge is -2.62. The highest BCUT2D eigenvalue weighted by Crippen LogP contribution is 2.68. The van der Waals surface area contributed by atoms with Gasteiger partial charge in [0, 0.05) is 10.6 Å². The van der Waals surface area contributed by atoms with Crippen LogP contribution in [0.4, 0.5) is 0 Å². The normalized spacial score (nSPS) is 41.8. The number of hydrogen-bond donors (Lipinski definition) is 1. The number of benzene rings is 1. The van der Waals surface area contributed by atoms with E-state index in [0.717, 1.165) is 65.4 Å². The van der Waals surface area contributed by atoms with Gasteiger partial charge in [-0.1, -0.05) is 77.3 Å². The van der Waals surface area contributed by atoms with Gasteiger partial charge in [-0.2, -0.15) is 0 Å². The van der Waals surface area contributed by atoms with E-state index < -0.39 is 5.60 Å². The maximum atomic E-state index is 11.5. The highest BCUT2D eigenvalue weighted by Gasteiger charge is 2.61. The van der Waals surface area contributed by atoms with Crippen molar-refractivity contribution in [2.45, 2.75) is 117 Å². The molecule has 204 valence electrons. The van der Waals surface area contributed by atoms with Crippen LogP contribution in [-0.2, 0) is 0 Å². The van der Waals surface area contributed by atoms with Gasteiger partial charge in [0.15, 0.2) is 0 Å². The fourth-order valence-corrected chi connectivity index (χ4v) is 10.2. The molecule has 2 heteroatoms. The van der Waals surface area contributed by atoms with E-state index in [1.807, 2.05) is 24.3 Å². The van der Waals surface area contributed by atoms with Crippen molar-refractivity contribution in [2.24, 2.45) is 52.3 Å². The average molecular weight is 523 g/mol. The van der Waals surface area contributed by atoms with Gasteiger partial charge < -0.3 is 5.11 Å². The van der Waals surface area contributed by atoms with E-state index in [-0.39, 0.29) is 0 Å². The molecule has 1 aromatic carbocycles. The standard InChI is InChI=1S/C35H51ClO/c1-24(2)7-6-8-25(3)30-15-16-31-29-14-11-27-23-35(37,20-17-26-9-12-28(36)13-10-26)22-21-33(27,4)32(29)18-19-34(30,31)5/h9-10,12-13,24-25,27,29-32,37H,6-8,11,14-16,18-19,21-23H2,1-5H3/t25-,27+,29-,30-,31+,32+,33-,34-,35-/m0/s1. The molecule has 1 nitrogen and oxygen atoms in total. The molecule has 0 amide bonds. The van der Waals surface area contributed by atoms with Crippen LogP contribution in [0.3, 0.4) is 0 Å². The summed E-state index contributed by atoms with van der Waals surface area (Å²) in [5.41, 5.74) is 1.03. The summed E-state index contributed by atoms with van der Waals surface area (Å²) < 4.78 is 0. The Morgan fingerprint density at radius 1 is 0.892 bits per heavy atom. The Labute approximate surface area is 232 Å². The van der Waals surface area contributed by atoms with E-state index in [1.165, 1.54) is 57.8 Å². The van der Waals surface area contributed by atoms with Crippen LogP contribution in [0, 0.1) is 64.1 Å². The van der Waals surface area contributed by atoms with Crippen LogP contribution in [-0.4, -0.2) is 10.7 Å². The summed E-state index contributed by atoms with van der Waals surface area (Å²) in [4.78, 5) is 0. The molecule has 1 aromatic rings. The predicted octanol–water partition coefficient (Wildman–Crippen LogP) is 9.54. The fraction of sp³-hybridized carbons (Fsp3) is 0.771. The van der Waals surface area contributed by atoms with E-state index in [1.54, 1.807) is 0 Å². The Balaban J connectivity index is 1.26. The van der Waals surface area contributed by atoms with E-state index in [4.69, 9.17) is 11.6 Å². The zero-order valence-corrected chi connectivity index (χ0v) is 24.9. The van der Waals surface area contributed by atoms with Gasteiger partial charge in [0.05, 0.1) is 0 Å². The lowest BCUT2D eigenvalue weighted by atomic mass is 9.43. The number of aliphatic hydroxyl groups is 1. The van der Waals surface area contributed by atoms with Gasteiger partial charge in [0.2, 0.25) is 0 Å². The lowest BCUT2D eigenvalue weighted by molar-refractivity contribution is -0.140. The van der Waals surface area contributed by atoms with Crippen LogP contribution < -0.4 is 0 Å². The van der Waals surface area contributed by atoms with Crippen molar-refractivity contribution in [3.05, 3.63) is 34.9 Å². The first-order valence-corrected chi connectivity index (χ1v) is 15.9. The number of hydrogen-bond acceptors (Lipinski definition) is 1. The smallest absolute Gasteiger partial charge is 0.126 e. The van der Waals surface area contributed by atoms with Crippen LogP contribution >= 0.6 is 11.6 Å². The van der Waals surface area contributed by atoms with Crippen LogP contribution in [0.5, 0.6) is 0 Å². The van der Waals surface area contributed by atoms with Crippen LogP contribution in [0.15, 0.2) is 24.3 Å². The van der Waals surface area contributed by atoms with E-state index in [2.05, 4.69) is 46.5 Å². The largest absolute Gasteiger partial charge is 0.378 e. The summed E-state index contributed by atoms with van der Waals surface area (Å²) in [5, 5.41) is 12.3. The second-order valence-electron chi connectivity index (χ2n) is 14.7. The fourth-order valence-electron chi connectivity index (χ4n) is 10.1. The van der Waals surface area contributed by atoms with Crippen LogP contribution in [0.25, 0.3) is 0 Å². The van der Waals surface area contributed by atoms with Gasteiger partial charge in [-0.25, -0.2) is 0 Å². The summed E-state index contributed by atoms with van der Waals surface area (Å²) in [6, 6.07) is 7.67. The third-order valence-corrected chi connectivity index (χ3v) is 12.5. The molecular formula is C35H51ClO. The van der Waals surface area contributed by atoms with Crippen molar-refractivity contribution in [3.8, 4) is 11.8 Å². The molecule has 0 bridgehead atoms. The van der Waals surface area contributed by atoms with Crippen LogP contribution in [0.2, 0.25) is 5.02 Å². The number of halogens is 1. The molecule has 0 unspecified atom stereocenters. The molecule has 4 saturated carbocycles. The van der Waals surface area contributed by atoms with Crippen molar-refractivity contribution in [2.75, 3.05) is 0 Å². The second kappa shape index (κ2) is 10.5. The summed E-state index contributed by atoms with van der Waals surface area (Å²) in [7, 11) is 0. The first-order valence-electron chi connectivity index (χ1n) is 15.6. The van der Waals surface area contributed by atoms with Gasteiger partial charge >= 0.3 is 0 Å². The number of fused-ring (bicyclic) bond motifs is 5. The average Bonchev–Trinajstić information content (AvgIpc) is 3.21. The Morgan fingerprint density at radius 3 is 2.35 bits per heavy atom. The molecule has 0 radical (unpaired) electrons. The lowest BCUT2D eigenvalue weighted by Crippen LogP contribution is -2.55. The van der Waals surface area contributed by atoms with Crippen molar-refractivity contribution < 1.29 is 5.11 Å². The van der Waals surface area contributed by atoms with Gasteiger partial charge in [-0.15, -0.1) is 0 Å². The first-order chi connectivity index (χ1) is 17.5. The molecule has 0 heterocycles. The topological polar surface area (TPSA) is 20.2 Å². The summed E-state index contributed by atoms with van der Waals surface area (Å²) in [6.07, 6.45) is 15.5. The third kappa shape index (κ3) is 5.29.